The van der Waals surface area contributed by atoms with Gasteiger partial charge in [0.1, 0.15) is 11.9 Å². The highest BCUT2D eigenvalue weighted by atomic mass is 19.3. The molecule has 2 aromatic rings. The Morgan fingerprint density at radius 2 is 2.07 bits per heavy atom. The van der Waals surface area contributed by atoms with Gasteiger partial charge in [0, 0.05) is 44.2 Å². The highest BCUT2D eigenvalue weighted by Gasteiger charge is 2.35. The number of likely N-dealkylation sites (tertiary alicyclic amines) is 1. The van der Waals surface area contributed by atoms with Crippen molar-refractivity contribution in [1.29, 1.82) is 0 Å². The van der Waals surface area contributed by atoms with Crippen LogP contribution in [0.5, 0.6) is 5.88 Å². The van der Waals surface area contributed by atoms with Crippen molar-refractivity contribution in [3.8, 4) is 11.8 Å². The van der Waals surface area contributed by atoms with Crippen LogP contribution in [0.2, 0.25) is 0 Å². The molecule has 158 valence electrons. The van der Waals surface area contributed by atoms with Crippen LogP contribution in [0.4, 0.5) is 14.6 Å². The van der Waals surface area contributed by atoms with E-state index in [1.165, 1.54) is 4.68 Å². The number of halogens is 2. The molecule has 1 unspecified atom stereocenters. The van der Waals surface area contributed by atoms with Crippen molar-refractivity contribution in [2.24, 2.45) is 0 Å². The Labute approximate surface area is 167 Å². The molecule has 1 aliphatic heterocycles. The van der Waals surface area contributed by atoms with Gasteiger partial charge in [-0.3, -0.25) is 0 Å². The molecule has 4 rings (SSSR count). The molecule has 8 nitrogen and oxygen atoms in total. The molecule has 2 aromatic heterocycles. The van der Waals surface area contributed by atoms with Gasteiger partial charge in [-0.05, 0) is 32.4 Å². The third kappa shape index (κ3) is 4.99. The molecule has 2 aliphatic rings. The summed E-state index contributed by atoms with van der Waals surface area (Å²) in [5, 5.41) is 16.8. The summed E-state index contributed by atoms with van der Waals surface area (Å²) in [7, 11) is 2.04. The number of likely N-dealkylation sites (N-methyl/N-ethyl adjacent to an activating group) is 1. The van der Waals surface area contributed by atoms with Crippen molar-refractivity contribution >= 4 is 5.82 Å². The molecule has 0 spiro atoms. The summed E-state index contributed by atoms with van der Waals surface area (Å²) in [6, 6.07) is 3.32. The fourth-order valence-electron chi connectivity index (χ4n) is 3.76. The Morgan fingerprint density at radius 3 is 2.72 bits per heavy atom. The molecule has 0 aromatic carbocycles. The second-order valence-corrected chi connectivity index (χ2v) is 7.87. The third-order valence-electron chi connectivity index (χ3n) is 5.41. The molecule has 3 heterocycles. The van der Waals surface area contributed by atoms with Crippen LogP contribution in [0.15, 0.2) is 18.3 Å². The smallest absolute Gasteiger partial charge is 0.255 e. The van der Waals surface area contributed by atoms with Gasteiger partial charge in [0.2, 0.25) is 11.8 Å². The fourth-order valence-corrected chi connectivity index (χ4v) is 3.76. The van der Waals surface area contributed by atoms with Crippen LogP contribution in [-0.2, 0) is 6.61 Å². The fraction of sp³-hybridized carbons (Fsp3) is 0.632. The Balaban J connectivity index is 1.55. The highest BCUT2D eigenvalue weighted by Crippen LogP contribution is 2.34. The summed E-state index contributed by atoms with van der Waals surface area (Å²) in [5.41, 5.74) is 0.501. The number of aliphatic hydroxyl groups excluding tert-OH is 1. The first-order valence-corrected chi connectivity index (χ1v) is 9.95. The van der Waals surface area contributed by atoms with Gasteiger partial charge in [-0.25, -0.2) is 13.5 Å². The molecule has 1 aliphatic carbocycles. The number of aromatic nitrogens is 4. The normalized spacial score (nSPS) is 22.7. The van der Waals surface area contributed by atoms with E-state index in [2.05, 4.69) is 25.3 Å². The van der Waals surface area contributed by atoms with E-state index in [9.17, 15) is 13.9 Å². The van der Waals surface area contributed by atoms with Gasteiger partial charge >= 0.3 is 0 Å². The second-order valence-electron chi connectivity index (χ2n) is 7.87. The van der Waals surface area contributed by atoms with Gasteiger partial charge in [-0.15, -0.1) is 0 Å². The zero-order valence-corrected chi connectivity index (χ0v) is 16.4. The quantitative estimate of drug-likeness (QED) is 0.758. The first-order chi connectivity index (χ1) is 13.9. The molecule has 1 atom stereocenters. The molecule has 2 N–H and O–H groups in total. The van der Waals surface area contributed by atoms with Gasteiger partial charge in [-0.1, -0.05) is 0 Å². The Kier molecular flexibility index (Phi) is 5.64. The minimum Gasteiger partial charge on any atom is -0.473 e. The maximum atomic E-state index is 13.5. The van der Waals surface area contributed by atoms with Crippen LogP contribution in [0.1, 0.15) is 37.8 Å². The van der Waals surface area contributed by atoms with Crippen LogP contribution >= 0.6 is 0 Å². The van der Waals surface area contributed by atoms with E-state index in [1.54, 1.807) is 18.3 Å². The van der Waals surface area contributed by atoms with Crippen LogP contribution in [0.3, 0.4) is 0 Å². The predicted molar refractivity (Wildman–Crippen MR) is 102 cm³/mol. The van der Waals surface area contributed by atoms with Crippen LogP contribution < -0.4 is 10.1 Å². The molecule has 1 saturated carbocycles. The zero-order chi connectivity index (χ0) is 20.4. The summed E-state index contributed by atoms with van der Waals surface area (Å²) in [4.78, 5) is 11.1. The van der Waals surface area contributed by atoms with E-state index in [4.69, 9.17) is 4.74 Å². The predicted octanol–water partition coefficient (Wildman–Crippen LogP) is 2.23. The Bertz CT molecular complexity index is 836. The maximum absolute atomic E-state index is 13.5. The molecule has 0 amide bonds. The number of alkyl halides is 2. The van der Waals surface area contributed by atoms with Gasteiger partial charge in [-0.2, -0.15) is 15.1 Å². The van der Waals surface area contributed by atoms with E-state index in [-0.39, 0.29) is 31.6 Å². The molecular formula is C19H26F2N6O2. The summed E-state index contributed by atoms with van der Waals surface area (Å²) < 4.78 is 34.4. The average molecular weight is 408 g/mol. The monoisotopic (exact) mass is 408 g/mol. The van der Waals surface area contributed by atoms with Crippen molar-refractivity contribution in [1.82, 2.24) is 24.6 Å². The van der Waals surface area contributed by atoms with Gasteiger partial charge in [0.25, 0.3) is 5.95 Å². The molecule has 1 saturated heterocycles. The van der Waals surface area contributed by atoms with E-state index in [1.807, 2.05) is 7.05 Å². The first-order valence-electron chi connectivity index (χ1n) is 9.95. The SMILES string of the molecule is CN1CCC(Oc2cc(NC3CCC(F)(F)CC3)nc(-n3ccc(CO)n3)n2)C1. The maximum Gasteiger partial charge on any atom is 0.255 e. The minimum absolute atomic E-state index is 0.0367. The van der Waals surface area contributed by atoms with Crippen molar-refractivity contribution in [3.05, 3.63) is 24.0 Å². The summed E-state index contributed by atoms with van der Waals surface area (Å²) in [6.07, 6.45) is 3.12. The molecule has 29 heavy (non-hydrogen) atoms. The van der Waals surface area contributed by atoms with Crippen molar-refractivity contribution in [3.63, 3.8) is 0 Å². The lowest BCUT2D eigenvalue weighted by Crippen LogP contribution is -2.32. The van der Waals surface area contributed by atoms with E-state index in [0.717, 1.165) is 19.5 Å². The van der Waals surface area contributed by atoms with E-state index >= 15 is 0 Å². The lowest BCUT2D eigenvalue weighted by atomic mass is 9.92. The largest absolute Gasteiger partial charge is 0.473 e. The summed E-state index contributed by atoms with van der Waals surface area (Å²) in [6.45, 7) is 1.60. The number of aliphatic hydroxyl groups is 1. The number of ether oxygens (including phenoxy) is 1. The van der Waals surface area contributed by atoms with Gasteiger partial charge in [0.15, 0.2) is 0 Å². The number of anilines is 1. The Morgan fingerprint density at radius 1 is 1.28 bits per heavy atom. The number of nitrogens with zero attached hydrogens (tertiary/aromatic N) is 5. The third-order valence-corrected chi connectivity index (χ3v) is 5.41. The molecular weight excluding hydrogens is 382 g/mol. The number of rotatable bonds is 6. The molecule has 2 fully saturated rings. The summed E-state index contributed by atoms with van der Waals surface area (Å²) in [5.74, 6) is -1.34. The van der Waals surface area contributed by atoms with Crippen LogP contribution in [0, 0.1) is 0 Å². The number of nitrogens with one attached hydrogen (secondary N) is 1. The van der Waals surface area contributed by atoms with Crippen LogP contribution in [0.25, 0.3) is 5.95 Å². The van der Waals surface area contributed by atoms with Crippen molar-refractivity contribution in [2.75, 3.05) is 25.5 Å². The van der Waals surface area contributed by atoms with Gasteiger partial charge < -0.3 is 20.1 Å². The number of hydrogen-bond acceptors (Lipinski definition) is 7. The first kappa shape index (κ1) is 20.0. The zero-order valence-electron chi connectivity index (χ0n) is 16.4. The lowest BCUT2D eigenvalue weighted by Gasteiger charge is -2.29. The number of hydrogen-bond donors (Lipinski definition) is 2. The highest BCUT2D eigenvalue weighted by molar-refractivity contribution is 5.42. The average Bonchev–Trinajstić information content (AvgIpc) is 3.32. The summed E-state index contributed by atoms with van der Waals surface area (Å²) >= 11 is 0. The van der Waals surface area contributed by atoms with E-state index in [0.29, 0.717) is 36.2 Å². The second kappa shape index (κ2) is 8.19. The van der Waals surface area contributed by atoms with Crippen molar-refractivity contribution in [2.45, 2.75) is 56.8 Å². The topological polar surface area (TPSA) is 88.3 Å². The minimum atomic E-state index is -2.58. The standard InChI is InChI=1S/C19H26F2N6O2/c1-26-8-5-15(11-26)29-17-10-16(22-13-2-6-19(20,21)7-3-13)23-18(24-17)27-9-4-14(12-28)25-27/h4,9-10,13,15,28H,2-3,5-8,11-12H2,1H3,(H,22,23,24). The molecule has 10 heteroatoms. The lowest BCUT2D eigenvalue weighted by molar-refractivity contribution is -0.0361. The van der Waals surface area contributed by atoms with Gasteiger partial charge in [0.05, 0.1) is 12.3 Å². The molecule has 0 bridgehead atoms. The Hall–Kier alpha value is -2.33. The molecule has 0 radical (unpaired) electrons. The van der Waals surface area contributed by atoms with E-state index < -0.39 is 5.92 Å². The van der Waals surface area contributed by atoms with Crippen molar-refractivity contribution < 1.29 is 18.6 Å². The van der Waals surface area contributed by atoms with Crippen LogP contribution in [-0.4, -0.2) is 68.0 Å².